The first-order chi connectivity index (χ1) is 16.4. The number of fused-ring (bicyclic) bond motifs is 1. The number of nitriles is 1. The van der Waals surface area contributed by atoms with E-state index in [9.17, 15) is 15.2 Å². The van der Waals surface area contributed by atoms with Gasteiger partial charge in [0.2, 0.25) is 0 Å². The smallest absolute Gasteiger partial charge is 0.349 e. The van der Waals surface area contributed by atoms with Crippen LogP contribution < -0.4 is 11.4 Å². The molecular formula is C28H21N3O3. The lowest BCUT2D eigenvalue weighted by Gasteiger charge is -2.14. The SMILES string of the molecule is Cc1ccc(-c2c(C#N)c(N)n(-c3ccc(C)cc3)c2-c2c(O)c3ccccc3oc2=O)cc1. The van der Waals surface area contributed by atoms with Gasteiger partial charge in [0.1, 0.15) is 34.3 Å². The van der Waals surface area contributed by atoms with Crippen molar-refractivity contribution < 1.29 is 9.52 Å². The molecule has 0 spiro atoms. The van der Waals surface area contributed by atoms with Gasteiger partial charge in [0.05, 0.1) is 11.1 Å². The molecule has 5 aromatic rings. The number of rotatable bonds is 3. The topological polar surface area (TPSA) is 105 Å². The van der Waals surface area contributed by atoms with Crippen molar-refractivity contribution in [2.24, 2.45) is 0 Å². The predicted octanol–water partition coefficient (Wildman–Crippen LogP) is 5.69. The molecule has 3 N–H and O–H groups in total. The Balaban J connectivity index is 1.98. The Hall–Kier alpha value is -4.76. The summed E-state index contributed by atoms with van der Waals surface area (Å²) in [6, 6.07) is 24.1. The average molecular weight is 447 g/mol. The quantitative estimate of drug-likeness (QED) is 0.346. The lowest BCUT2D eigenvalue weighted by Crippen LogP contribution is -2.09. The van der Waals surface area contributed by atoms with E-state index in [4.69, 9.17) is 10.2 Å². The molecule has 0 aliphatic heterocycles. The van der Waals surface area contributed by atoms with E-state index < -0.39 is 5.63 Å². The van der Waals surface area contributed by atoms with Crippen LogP contribution in [0.25, 0.3) is 39.0 Å². The standard InChI is InChI=1S/C28H21N3O3/c1-16-7-11-18(12-8-16)23-21(15-29)27(30)31(19-13-9-17(2)10-14-19)25(23)24-26(32)20-5-3-4-6-22(20)34-28(24)33/h3-14,32H,30H2,1-2H3. The molecule has 0 atom stereocenters. The van der Waals surface area contributed by atoms with Gasteiger partial charge in [0, 0.05) is 11.3 Å². The van der Waals surface area contributed by atoms with Crippen LogP contribution in [-0.2, 0) is 0 Å². The molecule has 2 aromatic heterocycles. The van der Waals surface area contributed by atoms with Crippen molar-refractivity contribution in [3.8, 4) is 39.9 Å². The molecule has 2 heterocycles. The van der Waals surface area contributed by atoms with Gasteiger partial charge >= 0.3 is 5.63 Å². The highest BCUT2D eigenvalue weighted by atomic mass is 16.4. The molecule has 34 heavy (non-hydrogen) atoms. The highest BCUT2D eigenvalue weighted by molar-refractivity contribution is 5.97. The number of hydrogen-bond donors (Lipinski definition) is 2. The van der Waals surface area contributed by atoms with Gasteiger partial charge < -0.3 is 15.3 Å². The van der Waals surface area contributed by atoms with Crippen LogP contribution in [0.3, 0.4) is 0 Å². The highest BCUT2D eigenvalue weighted by Crippen LogP contribution is 2.45. The molecule has 0 saturated heterocycles. The van der Waals surface area contributed by atoms with Crippen LogP contribution in [-0.4, -0.2) is 9.67 Å². The average Bonchev–Trinajstić information content (AvgIpc) is 3.12. The zero-order chi connectivity index (χ0) is 24.0. The molecule has 3 aromatic carbocycles. The molecule has 0 amide bonds. The second-order valence-corrected chi connectivity index (χ2v) is 8.24. The summed E-state index contributed by atoms with van der Waals surface area (Å²) in [4.78, 5) is 13.3. The molecular weight excluding hydrogens is 426 g/mol. The van der Waals surface area contributed by atoms with E-state index in [0.717, 1.165) is 11.1 Å². The van der Waals surface area contributed by atoms with Gasteiger partial charge in [-0.25, -0.2) is 4.79 Å². The van der Waals surface area contributed by atoms with Crippen LogP contribution >= 0.6 is 0 Å². The molecule has 6 heteroatoms. The van der Waals surface area contributed by atoms with Gasteiger partial charge in [-0.15, -0.1) is 0 Å². The van der Waals surface area contributed by atoms with Crippen molar-refractivity contribution in [1.29, 1.82) is 5.26 Å². The van der Waals surface area contributed by atoms with Crippen LogP contribution in [0.15, 0.2) is 82.0 Å². The fourth-order valence-corrected chi connectivity index (χ4v) is 4.25. The summed E-state index contributed by atoms with van der Waals surface area (Å²) in [6.07, 6.45) is 0. The lowest BCUT2D eigenvalue weighted by atomic mass is 9.96. The third kappa shape index (κ3) is 3.23. The van der Waals surface area contributed by atoms with Gasteiger partial charge in [-0.05, 0) is 43.7 Å². The fourth-order valence-electron chi connectivity index (χ4n) is 4.25. The van der Waals surface area contributed by atoms with Crippen molar-refractivity contribution in [2.75, 3.05) is 5.73 Å². The van der Waals surface area contributed by atoms with Crippen molar-refractivity contribution in [2.45, 2.75) is 13.8 Å². The molecule has 5 rings (SSSR count). The Bertz CT molecular complexity index is 1650. The van der Waals surface area contributed by atoms with E-state index in [1.807, 2.05) is 62.4 Å². The second-order valence-electron chi connectivity index (χ2n) is 8.24. The molecule has 166 valence electrons. The summed E-state index contributed by atoms with van der Waals surface area (Å²) < 4.78 is 7.21. The molecule has 0 unspecified atom stereocenters. The minimum Gasteiger partial charge on any atom is -0.506 e. The van der Waals surface area contributed by atoms with Crippen LogP contribution in [0.4, 0.5) is 5.82 Å². The second kappa shape index (κ2) is 7.98. The van der Waals surface area contributed by atoms with Crippen molar-refractivity contribution in [3.05, 3.63) is 99.9 Å². The summed E-state index contributed by atoms with van der Waals surface area (Å²) >= 11 is 0. The van der Waals surface area contributed by atoms with Crippen LogP contribution in [0.1, 0.15) is 16.7 Å². The largest absolute Gasteiger partial charge is 0.506 e. The van der Waals surface area contributed by atoms with Gasteiger partial charge in [-0.3, -0.25) is 4.57 Å². The Morgan fingerprint density at radius 2 is 1.53 bits per heavy atom. The maximum atomic E-state index is 13.3. The van der Waals surface area contributed by atoms with Crippen LogP contribution in [0, 0.1) is 25.2 Å². The minimum atomic E-state index is -0.722. The van der Waals surface area contributed by atoms with Crippen LogP contribution in [0.5, 0.6) is 5.75 Å². The van der Waals surface area contributed by atoms with E-state index in [2.05, 4.69) is 6.07 Å². The molecule has 0 aliphatic carbocycles. The molecule has 0 saturated carbocycles. The summed E-state index contributed by atoms with van der Waals surface area (Å²) in [5.74, 6) is -0.0561. The monoisotopic (exact) mass is 447 g/mol. The van der Waals surface area contributed by atoms with E-state index in [1.54, 1.807) is 28.8 Å². The van der Waals surface area contributed by atoms with Gasteiger partial charge in [-0.1, -0.05) is 59.7 Å². The Morgan fingerprint density at radius 1 is 0.912 bits per heavy atom. The van der Waals surface area contributed by atoms with Crippen molar-refractivity contribution in [1.82, 2.24) is 4.57 Å². The minimum absolute atomic E-state index is 0.0527. The first kappa shape index (κ1) is 21.1. The summed E-state index contributed by atoms with van der Waals surface area (Å²) in [6.45, 7) is 3.93. The maximum absolute atomic E-state index is 13.3. The highest BCUT2D eigenvalue weighted by Gasteiger charge is 2.29. The molecule has 0 bridgehead atoms. The maximum Gasteiger partial charge on any atom is 0.349 e. The predicted molar refractivity (Wildman–Crippen MR) is 133 cm³/mol. The Morgan fingerprint density at radius 3 is 2.18 bits per heavy atom. The molecule has 0 radical (unpaired) electrons. The number of hydrogen-bond acceptors (Lipinski definition) is 5. The number of nitrogens with zero attached hydrogens (tertiary/aromatic N) is 2. The molecule has 0 aliphatic rings. The third-order valence-electron chi connectivity index (χ3n) is 5.97. The van der Waals surface area contributed by atoms with Crippen molar-refractivity contribution in [3.63, 3.8) is 0 Å². The zero-order valence-corrected chi connectivity index (χ0v) is 18.7. The normalized spacial score (nSPS) is 11.0. The third-order valence-corrected chi connectivity index (χ3v) is 5.97. The van der Waals surface area contributed by atoms with Gasteiger partial charge in [0.15, 0.2) is 0 Å². The first-order valence-electron chi connectivity index (χ1n) is 10.7. The number of anilines is 1. The van der Waals surface area contributed by atoms with Crippen molar-refractivity contribution >= 4 is 16.8 Å². The number of aromatic nitrogens is 1. The number of nitrogens with two attached hydrogens (primary N) is 1. The number of para-hydroxylation sites is 1. The summed E-state index contributed by atoms with van der Waals surface area (Å²) in [5, 5.41) is 21.8. The summed E-state index contributed by atoms with van der Waals surface area (Å²) in [5.41, 5.74) is 10.4. The number of benzene rings is 3. The van der Waals surface area contributed by atoms with Gasteiger partial charge in [-0.2, -0.15) is 5.26 Å². The van der Waals surface area contributed by atoms with E-state index in [1.165, 1.54) is 0 Å². The lowest BCUT2D eigenvalue weighted by molar-refractivity contribution is 0.470. The zero-order valence-electron chi connectivity index (χ0n) is 18.7. The summed E-state index contributed by atoms with van der Waals surface area (Å²) in [7, 11) is 0. The first-order valence-corrected chi connectivity index (χ1v) is 10.7. The van der Waals surface area contributed by atoms with E-state index in [0.29, 0.717) is 27.9 Å². The Labute approximate surface area is 195 Å². The number of aromatic hydroxyl groups is 1. The van der Waals surface area contributed by atoms with Crippen LogP contribution in [0.2, 0.25) is 0 Å². The number of aryl methyl sites for hydroxylation is 2. The van der Waals surface area contributed by atoms with E-state index >= 15 is 0 Å². The fraction of sp³-hybridized carbons (Fsp3) is 0.0714. The Kier molecular flexibility index (Phi) is 4.95. The van der Waals surface area contributed by atoms with Gasteiger partial charge in [0.25, 0.3) is 0 Å². The molecule has 6 nitrogen and oxygen atoms in total. The van der Waals surface area contributed by atoms with E-state index in [-0.39, 0.29) is 28.3 Å². The molecule has 0 fully saturated rings. The number of nitrogen functional groups attached to an aromatic ring is 1.